The van der Waals surface area contributed by atoms with Gasteiger partial charge in [-0.1, -0.05) is 25.2 Å². The van der Waals surface area contributed by atoms with Crippen molar-refractivity contribution in [1.82, 2.24) is 9.29 Å². The van der Waals surface area contributed by atoms with Crippen molar-refractivity contribution in [3.63, 3.8) is 0 Å². The average Bonchev–Trinajstić information content (AvgIpc) is 3.02. The van der Waals surface area contributed by atoms with Crippen LogP contribution in [0.2, 0.25) is 0 Å². The fourth-order valence-electron chi connectivity index (χ4n) is 3.16. The van der Waals surface area contributed by atoms with Gasteiger partial charge in [-0.05, 0) is 49.9 Å². The molecule has 0 saturated heterocycles. The molecule has 29 heavy (non-hydrogen) atoms. The molecule has 0 radical (unpaired) electrons. The van der Waals surface area contributed by atoms with E-state index < -0.39 is 15.9 Å². The van der Waals surface area contributed by atoms with Gasteiger partial charge in [0.25, 0.3) is 5.91 Å². The fourth-order valence-corrected chi connectivity index (χ4v) is 5.45. The lowest BCUT2D eigenvalue weighted by molar-refractivity contribution is 0.0915. The van der Waals surface area contributed by atoms with Crippen molar-refractivity contribution in [2.75, 3.05) is 12.4 Å². The maximum Gasteiger partial charge on any atom is 0.257 e. The van der Waals surface area contributed by atoms with Crippen molar-refractivity contribution in [3.8, 4) is 0 Å². The predicted molar refractivity (Wildman–Crippen MR) is 113 cm³/mol. The van der Waals surface area contributed by atoms with E-state index in [0.29, 0.717) is 28.4 Å². The summed E-state index contributed by atoms with van der Waals surface area (Å²) in [6, 6.07) is 5.60. The van der Waals surface area contributed by atoms with Crippen molar-refractivity contribution < 1.29 is 18.0 Å². The molecule has 1 aliphatic carbocycles. The second-order valence-corrected chi connectivity index (χ2v) is 11.3. The lowest BCUT2D eigenvalue weighted by Crippen LogP contribution is -2.33. The zero-order valence-electron chi connectivity index (χ0n) is 17.1. The number of nitrogens with zero attached hydrogens (tertiary/aromatic N) is 2. The van der Waals surface area contributed by atoms with E-state index in [2.05, 4.69) is 10.3 Å². The minimum absolute atomic E-state index is 0.0538. The molecule has 1 amide bonds. The number of ketones is 1. The number of thiazole rings is 1. The van der Waals surface area contributed by atoms with Crippen molar-refractivity contribution in [2.24, 2.45) is 5.41 Å². The van der Waals surface area contributed by atoms with Crippen LogP contribution in [0.1, 0.15) is 59.8 Å². The Labute approximate surface area is 175 Å². The Bertz CT molecular complexity index is 1050. The van der Waals surface area contributed by atoms with Crippen LogP contribution >= 0.6 is 11.3 Å². The van der Waals surface area contributed by atoms with Gasteiger partial charge in [-0.3, -0.25) is 14.9 Å². The van der Waals surface area contributed by atoms with Gasteiger partial charge < -0.3 is 0 Å². The highest BCUT2D eigenvalue weighted by Crippen LogP contribution is 2.38. The van der Waals surface area contributed by atoms with Gasteiger partial charge in [0.1, 0.15) is 0 Å². The zero-order chi connectivity index (χ0) is 21.6. The molecule has 0 atom stereocenters. The van der Waals surface area contributed by atoms with Crippen LogP contribution < -0.4 is 5.32 Å². The van der Waals surface area contributed by atoms with Gasteiger partial charge >= 0.3 is 0 Å². The third-order valence-corrected chi connectivity index (χ3v) is 8.08. The molecule has 1 aromatic heterocycles. The molecular formula is C20H25N3O4S2. The summed E-state index contributed by atoms with van der Waals surface area (Å²) in [6.45, 7) is 7.63. The van der Waals surface area contributed by atoms with E-state index in [1.807, 2.05) is 13.8 Å². The van der Waals surface area contributed by atoms with Crippen LogP contribution in [-0.2, 0) is 16.4 Å². The normalized spacial score (nSPS) is 16.2. The fraction of sp³-hybridized carbons (Fsp3) is 0.450. The Morgan fingerprint density at radius 1 is 1.21 bits per heavy atom. The lowest BCUT2D eigenvalue weighted by Gasteiger charge is -2.26. The maximum absolute atomic E-state index is 12.5. The highest BCUT2D eigenvalue weighted by molar-refractivity contribution is 7.89. The van der Waals surface area contributed by atoms with Crippen LogP contribution in [0.15, 0.2) is 29.2 Å². The summed E-state index contributed by atoms with van der Waals surface area (Å²) in [5.41, 5.74) is 0.907. The first-order valence-corrected chi connectivity index (χ1v) is 11.6. The lowest BCUT2D eigenvalue weighted by atomic mass is 9.78. The van der Waals surface area contributed by atoms with Crippen LogP contribution in [0.5, 0.6) is 0 Å². The number of carbonyl (C=O) groups is 2. The van der Waals surface area contributed by atoms with Gasteiger partial charge in [0.05, 0.1) is 15.5 Å². The van der Waals surface area contributed by atoms with Crippen LogP contribution in [0, 0.1) is 5.41 Å². The number of anilines is 1. The summed E-state index contributed by atoms with van der Waals surface area (Å²) in [5, 5.41) is 3.10. The molecule has 0 bridgehead atoms. The van der Waals surface area contributed by atoms with Crippen LogP contribution in [0.3, 0.4) is 0 Å². The molecule has 1 aromatic carbocycles. The topological polar surface area (TPSA) is 96.4 Å². The first-order chi connectivity index (χ1) is 13.4. The molecule has 0 fully saturated rings. The molecule has 0 aliphatic heterocycles. The summed E-state index contributed by atoms with van der Waals surface area (Å²) in [6.07, 6.45) is 1.16. The van der Waals surface area contributed by atoms with Gasteiger partial charge in [0.2, 0.25) is 10.0 Å². The number of sulfonamides is 1. The molecular weight excluding hydrogens is 410 g/mol. The third kappa shape index (κ3) is 4.41. The van der Waals surface area contributed by atoms with Crippen LogP contribution in [0.4, 0.5) is 5.13 Å². The number of aromatic nitrogens is 1. The summed E-state index contributed by atoms with van der Waals surface area (Å²) in [4.78, 5) is 30.0. The van der Waals surface area contributed by atoms with E-state index in [9.17, 15) is 18.0 Å². The van der Waals surface area contributed by atoms with Gasteiger partial charge in [-0.15, -0.1) is 0 Å². The molecule has 156 valence electrons. The number of hydrogen-bond acceptors (Lipinski definition) is 6. The summed E-state index contributed by atoms with van der Waals surface area (Å²) in [7, 11) is -2.08. The molecule has 1 aliphatic rings. The number of benzene rings is 1. The van der Waals surface area contributed by atoms with E-state index in [-0.39, 0.29) is 22.1 Å². The Balaban J connectivity index is 1.77. The first-order valence-electron chi connectivity index (χ1n) is 9.33. The quantitative estimate of drug-likeness (QED) is 0.774. The van der Waals surface area contributed by atoms with Gasteiger partial charge in [-0.25, -0.2) is 13.4 Å². The van der Waals surface area contributed by atoms with Crippen molar-refractivity contribution >= 4 is 38.2 Å². The number of amides is 1. The van der Waals surface area contributed by atoms with Gasteiger partial charge in [0, 0.05) is 25.1 Å². The number of nitrogens with one attached hydrogen (secondary N) is 1. The van der Waals surface area contributed by atoms with Crippen LogP contribution in [0.25, 0.3) is 0 Å². The van der Waals surface area contributed by atoms with E-state index in [1.165, 1.54) is 47.0 Å². The minimum Gasteiger partial charge on any atom is -0.298 e. The summed E-state index contributed by atoms with van der Waals surface area (Å²) in [5.74, 6) is -0.345. The molecule has 9 heteroatoms. The van der Waals surface area contributed by atoms with Crippen molar-refractivity contribution in [2.45, 2.75) is 51.5 Å². The smallest absolute Gasteiger partial charge is 0.257 e. The third-order valence-electron chi connectivity index (χ3n) is 4.98. The van der Waals surface area contributed by atoms with E-state index in [4.69, 9.17) is 0 Å². The van der Waals surface area contributed by atoms with E-state index in [1.54, 1.807) is 13.8 Å². The number of rotatable bonds is 5. The molecule has 0 spiro atoms. The minimum atomic E-state index is -3.61. The molecule has 2 aromatic rings. The highest BCUT2D eigenvalue weighted by Gasteiger charge is 2.34. The van der Waals surface area contributed by atoms with Gasteiger partial charge in [-0.2, -0.15) is 4.31 Å². The van der Waals surface area contributed by atoms with E-state index in [0.717, 1.165) is 5.69 Å². The van der Waals surface area contributed by atoms with Crippen molar-refractivity contribution in [3.05, 3.63) is 40.4 Å². The Hall–Kier alpha value is -2.10. The highest BCUT2D eigenvalue weighted by atomic mass is 32.2. The van der Waals surface area contributed by atoms with Gasteiger partial charge in [0.15, 0.2) is 10.9 Å². The Kier molecular flexibility index (Phi) is 5.68. The summed E-state index contributed by atoms with van der Waals surface area (Å²) < 4.78 is 26.3. The molecule has 3 rings (SSSR count). The zero-order valence-corrected chi connectivity index (χ0v) is 18.8. The number of hydrogen-bond donors (Lipinski definition) is 1. The van der Waals surface area contributed by atoms with Crippen molar-refractivity contribution in [1.29, 1.82) is 0 Å². The summed E-state index contributed by atoms with van der Waals surface area (Å²) >= 11 is 1.19. The largest absolute Gasteiger partial charge is 0.298 e. The monoisotopic (exact) mass is 435 g/mol. The Morgan fingerprint density at radius 2 is 1.83 bits per heavy atom. The molecule has 1 heterocycles. The first kappa shape index (κ1) is 21.6. The maximum atomic E-state index is 12.5. The Morgan fingerprint density at radius 3 is 2.41 bits per heavy atom. The number of fused-ring (bicyclic) bond motifs is 1. The SMILES string of the molecule is CC(C)N(C)S(=O)(=O)c1ccc(C(=O)Nc2nc3c(s2)C(=O)CC(C)(C)C3)cc1. The molecule has 7 nitrogen and oxygen atoms in total. The standard InChI is InChI=1S/C20H25N3O4S2/c1-12(2)23(5)29(26,27)14-8-6-13(7-9-14)18(25)22-19-21-15-10-20(3,4)11-16(24)17(15)28-19/h6-9,12H,10-11H2,1-5H3,(H,21,22,25). The predicted octanol–water partition coefficient (Wildman–Crippen LogP) is 3.58. The average molecular weight is 436 g/mol. The number of carbonyl (C=O) groups excluding carboxylic acids is 2. The second kappa shape index (κ2) is 7.62. The molecule has 0 saturated carbocycles. The molecule has 0 unspecified atom stereocenters. The molecule has 1 N–H and O–H groups in total. The van der Waals surface area contributed by atoms with E-state index >= 15 is 0 Å². The second-order valence-electron chi connectivity index (χ2n) is 8.33. The number of Topliss-reactive ketones (excluding diaryl/α,β-unsaturated/α-hetero) is 1. The van der Waals surface area contributed by atoms with Crippen LogP contribution in [-0.4, -0.2) is 42.5 Å².